The minimum atomic E-state index is -0.481. The summed E-state index contributed by atoms with van der Waals surface area (Å²) in [4.78, 5) is 50.3. The summed E-state index contributed by atoms with van der Waals surface area (Å²) in [6, 6.07) is 42.4. The molecule has 0 fully saturated rings. The van der Waals surface area contributed by atoms with Gasteiger partial charge in [-0.25, -0.2) is 19.2 Å². The Morgan fingerprint density at radius 2 is 0.641 bits per heavy atom. The van der Waals surface area contributed by atoms with E-state index in [0.717, 1.165) is 47.9 Å². The average molecular weight is 863 g/mol. The molecule has 0 saturated heterocycles. The van der Waals surface area contributed by atoms with E-state index in [4.69, 9.17) is 28.4 Å². The van der Waals surface area contributed by atoms with E-state index in [9.17, 15) is 19.2 Å². The van der Waals surface area contributed by atoms with E-state index in [2.05, 4.69) is 13.8 Å². The van der Waals surface area contributed by atoms with Crippen molar-refractivity contribution in [3.05, 3.63) is 168 Å². The monoisotopic (exact) mass is 862 g/mol. The van der Waals surface area contributed by atoms with Crippen LogP contribution >= 0.6 is 0 Å². The van der Waals surface area contributed by atoms with Crippen LogP contribution in [0.1, 0.15) is 94.8 Å². The third-order valence-electron chi connectivity index (χ3n) is 10.7. The molecule has 0 heterocycles. The van der Waals surface area contributed by atoms with Gasteiger partial charge in [0.15, 0.2) is 0 Å². The number of carbonyl (C=O) groups is 4. The van der Waals surface area contributed by atoms with Crippen LogP contribution in [0.3, 0.4) is 0 Å². The van der Waals surface area contributed by atoms with E-state index in [1.165, 1.54) is 0 Å². The van der Waals surface area contributed by atoms with Crippen molar-refractivity contribution in [3.8, 4) is 45.3 Å². The van der Waals surface area contributed by atoms with E-state index in [-0.39, 0.29) is 11.9 Å². The van der Waals surface area contributed by atoms with Gasteiger partial charge in [0.25, 0.3) is 0 Å². The molecule has 0 bridgehead atoms. The molecule has 0 aliphatic heterocycles. The highest BCUT2D eigenvalue weighted by molar-refractivity contribution is 5.93. The van der Waals surface area contributed by atoms with Crippen molar-refractivity contribution in [3.63, 3.8) is 0 Å². The molecule has 6 aromatic carbocycles. The Morgan fingerprint density at radius 1 is 0.375 bits per heavy atom. The molecule has 0 unspecified atom stereocenters. The van der Waals surface area contributed by atoms with Crippen molar-refractivity contribution in [2.24, 2.45) is 11.8 Å². The normalized spacial score (nSPS) is 11.8. The van der Waals surface area contributed by atoms with Gasteiger partial charge in [-0.1, -0.05) is 89.1 Å². The van der Waals surface area contributed by atoms with Crippen LogP contribution in [0.2, 0.25) is 0 Å². The second-order valence-electron chi connectivity index (χ2n) is 15.7. The summed E-state index contributed by atoms with van der Waals surface area (Å²) in [5, 5.41) is 0. The maximum absolute atomic E-state index is 12.8. The lowest BCUT2D eigenvalue weighted by Crippen LogP contribution is -2.11. The molecule has 10 nitrogen and oxygen atoms in total. The lowest BCUT2D eigenvalue weighted by molar-refractivity contribution is 0.0438. The fraction of sp³-hybridized carbons (Fsp3) is 0.259. The van der Waals surface area contributed by atoms with Gasteiger partial charge in [0.05, 0.1) is 48.7 Å². The van der Waals surface area contributed by atoms with Gasteiger partial charge >= 0.3 is 23.9 Å². The second kappa shape index (κ2) is 23.3. The van der Waals surface area contributed by atoms with Crippen LogP contribution in [-0.2, 0) is 9.47 Å². The Bertz CT molecular complexity index is 2250. The maximum atomic E-state index is 12.8. The van der Waals surface area contributed by atoms with Gasteiger partial charge in [-0.2, -0.15) is 0 Å². The van der Waals surface area contributed by atoms with Crippen LogP contribution < -0.4 is 18.9 Å². The van der Waals surface area contributed by atoms with Crippen LogP contribution in [0, 0.1) is 11.8 Å². The molecule has 64 heavy (non-hydrogen) atoms. The summed E-state index contributed by atoms with van der Waals surface area (Å²) < 4.78 is 33.7. The predicted octanol–water partition coefficient (Wildman–Crippen LogP) is 12.1. The molecule has 330 valence electrons. The summed E-state index contributed by atoms with van der Waals surface area (Å²) >= 11 is 0. The smallest absolute Gasteiger partial charge is 0.343 e. The van der Waals surface area contributed by atoms with Gasteiger partial charge in [0.2, 0.25) is 0 Å². The average Bonchev–Trinajstić information content (AvgIpc) is 3.34. The van der Waals surface area contributed by atoms with Gasteiger partial charge in [-0.3, -0.25) is 0 Å². The Labute approximate surface area is 375 Å². The first kappa shape index (κ1) is 46.3. The molecule has 6 aromatic rings. The zero-order chi connectivity index (χ0) is 45.3. The second-order valence-corrected chi connectivity index (χ2v) is 15.7. The number of carbonyl (C=O) groups excluding carboxylic acids is 4. The van der Waals surface area contributed by atoms with Crippen LogP contribution in [0.5, 0.6) is 23.0 Å². The molecule has 0 aliphatic carbocycles. The maximum Gasteiger partial charge on any atom is 0.343 e. The first-order chi connectivity index (χ1) is 31.1. The first-order valence-corrected chi connectivity index (χ1v) is 21.7. The molecule has 0 radical (unpaired) electrons. The molecule has 0 amide bonds. The minimum absolute atomic E-state index is 0.319. The molecule has 6 rings (SSSR count). The Hall–Kier alpha value is -7.20. The number of unbranched alkanes of at least 4 members (excludes halogenated alkanes) is 1. The van der Waals surface area contributed by atoms with Crippen LogP contribution in [0.4, 0.5) is 0 Å². The zero-order valence-electron chi connectivity index (χ0n) is 36.8. The van der Waals surface area contributed by atoms with Crippen molar-refractivity contribution in [2.75, 3.05) is 26.4 Å². The molecule has 0 saturated carbocycles. The van der Waals surface area contributed by atoms with Gasteiger partial charge in [0.1, 0.15) is 23.0 Å². The highest BCUT2D eigenvalue weighted by Gasteiger charge is 2.14. The fourth-order valence-corrected chi connectivity index (χ4v) is 6.16. The first-order valence-electron chi connectivity index (χ1n) is 21.7. The standard InChI is InChI=1S/C54H54O10/c1-5-37(3)35-61-51(55)43-13-9-39(10-14-43)41-17-29-49(30-18-41)63-53(57)45-21-25-47(26-22-45)59-33-7-8-34-60-48-27-23-46(24-28-48)54(58)64-50-31-19-42(20-32-50)40-11-15-44(16-12-40)52(56)62-36-38(4)6-2/h9-32,37-38H,5-8,33-36H2,1-4H3/t37-,38-/m0/s1. The summed E-state index contributed by atoms with van der Waals surface area (Å²) in [5.74, 6) is 1.11. The summed E-state index contributed by atoms with van der Waals surface area (Å²) in [7, 11) is 0. The lowest BCUT2D eigenvalue weighted by atomic mass is 10.0. The SMILES string of the molecule is CC[C@H](C)COC(=O)c1ccc(-c2ccc(OC(=O)c3ccc(OCCCCOc4ccc(C(=O)Oc5ccc(-c6ccc(C(=O)OC[C@@H](C)CC)cc6)cc5)cc4)cc3)cc2)cc1. The zero-order valence-corrected chi connectivity index (χ0v) is 36.8. The van der Waals surface area contributed by atoms with Crippen molar-refractivity contribution in [1.82, 2.24) is 0 Å². The molecule has 2 atom stereocenters. The third-order valence-corrected chi connectivity index (χ3v) is 10.7. The predicted molar refractivity (Wildman–Crippen MR) is 246 cm³/mol. The van der Waals surface area contributed by atoms with Crippen molar-refractivity contribution in [1.29, 1.82) is 0 Å². The fourth-order valence-electron chi connectivity index (χ4n) is 6.16. The number of benzene rings is 6. The van der Waals surface area contributed by atoms with Gasteiger partial charge in [-0.05, 0) is 144 Å². The van der Waals surface area contributed by atoms with E-state index in [1.807, 2.05) is 62.4 Å². The third kappa shape index (κ3) is 13.6. The minimum Gasteiger partial charge on any atom is -0.494 e. The number of hydrogen-bond donors (Lipinski definition) is 0. The number of esters is 4. The van der Waals surface area contributed by atoms with Crippen LogP contribution in [-0.4, -0.2) is 50.3 Å². The Morgan fingerprint density at radius 3 is 0.953 bits per heavy atom. The van der Waals surface area contributed by atoms with Gasteiger partial charge in [-0.15, -0.1) is 0 Å². The molecule has 0 spiro atoms. The van der Waals surface area contributed by atoms with E-state index in [0.29, 0.717) is 83.5 Å². The number of ether oxygens (including phenoxy) is 6. The topological polar surface area (TPSA) is 124 Å². The quantitative estimate of drug-likeness (QED) is 0.0392. The molecular formula is C54H54O10. The van der Waals surface area contributed by atoms with Crippen LogP contribution in [0.15, 0.2) is 146 Å². The van der Waals surface area contributed by atoms with Gasteiger partial charge in [0, 0.05) is 0 Å². The summed E-state index contributed by atoms with van der Waals surface area (Å²) in [6.45, 7) is 9.95. The van der Waals surface area contributed by atoms with Crippen molar-refractivity contribution in [2.45, 2.75) is 53.4 Å². The number of rotatable bonds is 21. The highest BCUT2D eigenvalue weighted by Crippen LogP contribution is 2.26. The number of hydrogen-bond acceptors (Lipinski definition) is 10. The van der Waals surface area contributed by atoms with Gasteiger partial charge < -0.3 is 28.4 Å². The Kier molecular flexibility index (Phi) is 16.9. The lowest BCUT2D eigenvalue weighted by Gasteiger charge is -2.10. The van der Waals surface area contributed by atoms with E-state index < -0.39 is 11.9 Å². The molecule has 0 aliphatic rings. The largest absolute Gasteiger partial charge is 0.494 e. The molecule has 10 heteroatoms. The van der Waals surface area contributed by atoms with Crippen molar-refractivity contribution >= 4 is 23.9 Å². The molecule has 0 N–H and O–H groups in total. The van der Waals surface area contributed by atoms with Crippen LogP contribution in [0.25, 0.3) is 22.3 Å². The molecular weight excluding hydrogens is 809 g/mol. The van der Waals surface area contributed by atoms with Crippen molar-refractivity contribution < 1.29 is 47.6 Å². The summed E-state index contributed by atoms with van der Waals surface area (Å²) in [6.07, 6.45) is 3.39. The van der Waals surface area contributed by atoms with E-state index >= 15 is 0 Å². The summed E-state index contributed by atoms with van der Waals surface area (Å²) in [5.41, 5.74) is 5.47. The molecule has 0 aromatic heterocycles. The van der Waals surface area contributed by atoms with E-state index in [1.54, 1.807) is 97.1 Å². The Balaban J connectivity index is 0.857. The highest BCUT2D eigenvalue weighted by atomic mass is 16.5.